The number of phenols is 1. The van der Waals surface area contributed by atoms with E-state index in [-0.39, 0.29) is 16.3 Å². The molecule has 4 nitrogen and oxygen atoms in total. The van der Waals surface area contributed by atoms with Gasteiger partial charge in [0, 0.05) is 16.8 Å². The van der Waals surface area contributed by atoms with Crippen molar-refractivity contribution >= 4 is 22.5 Å². The van der Waals surface area contributed by atoms with Crippen LogP contribution in [0.2, 0.25) is 0 Å². The molecule has 0 bridgehead atoms. The quantitative estimate of drug-likeness (QED) is 0.494. The summed E-state index contributed by atoms with van der Waals surface area (Å²) in [7, 11) is 3.80. The van der Waals surface area contributed by atoms with E-state index in [1.54, 1.807) is 6.07 Å². The highest BCUT2D eigenvalue weighted by Gasteiger charge is 2.30. The Balaban J connectivity index is 2.63. The largest absolute Gasteiger partial charge is 0.507 e. The number of benzene rings is 2. The molecule has 2 rings (SSSR count). The van der Waals surface area contributed by atoms with Gasteiger partial charge in [-0.15, -0.1) is 0 Å². The summed E-state index contributed by atoms with van der Waals surface area (Å²) in [6, 6.07) is 11.3. The number of rotatable bonds is 2. The Morgan fingerprint density at radius 3 is 2.42 bits per heavy atom. The van der Waals surface area contributed by atoms with Gasteiger partial charge in [-0.2, -0.15) is 0 Å². The fourth-order valence-electron chi connectivity index (χ4n) is 2.16. The van der Waals surface area contributed by atoms with Gasteiger partial charge in [-0.1, -0.05) is 18.2 Å². The van der Waals surface area contributed by atoms with Crippen molar-refractivity contribution in [3.05, 3.63) is 36.4 Å². The second kappa shape index (κ2) is 4.90. The van der Waals surface area contributed by atoms with Crippen molar-refractivity contribution in [1.29, 1.82) is 5.41 Å². The maximum absolute atomic E-state index is 9.91. The van der Waals surface area contributed by atoms with Crippen LogP contribution in [0.1, 0.15) is 6.92 Å². The summed E-state index contributed by atoms with van der Waals surface area (Å²) >= 11 is 0. The maximum Gasteiger partial charge on any atom is 0.395 e. The maximum atomic E-state index is 9.91. The molecule has 0 aromatic heterocycles. The second-order valence-corrected chi connectivity index (χ2v) is 4.84. The van der Waals surface area contributed by atoms with E-state index >= 15 is 0 Å². The highest BCUT2D eigenvalue weighted by molar-refractivity contribution is 6.01. The van der Waals surface area contributed by atoms with Gasteiger partial charge in [-0.25, -0.2) is 9.89 Å². The molecule has 0 saturated heterocycles. The summed E-state index contributed by atoms with van der Waals surface area (Å²) in [4.78, 5) is 0. The number of phenolic OH excluding ortho intramolecular Hbond substituents is 1. The molecule has 0 aliphatic carbocycles. The molecule has 0 amide bonds. The van der Waals surface area contributed by atoms with E-state index in [2.05, 4.69) is 0 Å². The van der Waals surface area contributed by atoms with E-state index in [4.69, 9.17) is 10.1 Å². The molecule has 0 aliphatic heterocycles. The van der Waals surface area contributed by atoms with Crippen LogP contribution >= 0.6 is 0 Å². The van der Waals surface area contributed by atoms with Gasteiger partial charge in [0.15, 0.2) is 0 Å². The van der Waals surface area contributed by atoms with E-state index in [9.17, 15) is 5.11 Å². The van der Waals surface area contributed by atoms with Gasteiger partial charge in [0.25, 0.3) is 0 Å². The van der Waals surface area contributed by atoms with Gasteiger partial charge in [0.1, 0.15) is 11.4 Å². The lowest BCUT2D eigenvalue weighted by Crippen LogP contribution is -2.47. The van der Waals surface area contributed by atoms with Crippen LogP contribution in [0.3, 0.4) is 0 Å². The predicted molar refractivity (Wildman–Crippen MR) is 78.6 cm³/mol. The normalized spacial score (nSPS) is 11.5. The van der Waals surface area contributed by atoms with Crippen molar-refractivity contribution in [1.82, 2.24) is 4.48 Å². The molecule has 0 unspecified atom stereocenters. The lowest BCUT2D eigenvalue weighted by molar-refractivity contribution is 0.271. The van der Waals surface area contributed by atoms with Gasteiger partial charge < -0.3 is 9.84 Å². The third-order valence-electron chi connectivity index (χ3n) is 3.27. The minimum Gasteiger partial charge on any atom is -0.507 e. The molecule has 0 spiro atoms. The number of nitrogens with zero attached hydrogens (tertiary/aromatic N) is 1. The molecule has 0 aliphatic rings. The Morgan fingerprint density at radius 2 is 1.79 bits per heavy atom. The minimum atomic E-state index is 0.179. The molecular formula is C15H19N2O2+. The summed E-state index contributed by atoms with van der Waals surface area (Å²) in [5.41, 5.74) is 0.923. The zero-order valence-electron chi connectivity index (χ0n) is 11.5. The average molecular weight is 259 g/mol. The molecule has 0 saturated carbocycles. The summed E-state index contributed by atoms with van der Waals surface area (Å²) in [5, 5.41) is 19.7. The summed E-state index contributed by atoms with van der Waals surface area (Å²) in [5.74, 6) is 0.252. The molecule has 2 aromatic carbocycles. The first-order chi connectivity index (χ1) is 8.98. The zero-order valence-corrected chi connectivity index (χ0v) is 11.5. The lowest BCUT2D eigenvalue weighted by Gasteiger charge is -2.28. The van der Waals surface area contributed by atoms with Crippen molar-refractivity contribution in [3.63, 3.8) is 0 Å². The summed E-state index contributed by atoms with van der Waals surface area (Å²) < 4.78 is 5.54. The topological polar surface area (TPSA) is 53.3 Å². The number of nitrogens with one attached hydrogen (secondary N) is 1. The first kappa shape index (κ1) is 13.4. The van der Waals surface area contributed by atoms with Crippen LogP contribution in [0, 0.1) is 5.41 Å². The number of hydrogen-bond donors (Lipinski definition) is 2. The van der Waals surface area contributed by atoms with E-state index < -0.39 is 0 Å². The monoisotopic (exact) mass is 259 g/mol. The minimum absolute atomic E-state index is 0.179. The Hall–Kier alpha value is -2.07. The Morgan fingerprint density at radius 1 is 1.16 bits per heavy atom. The number of fused-ring (bicyclic) bond motifs is 1. The van der Waals surface area contributed by atoms with E-state index in [0.29, 0.717) is 6.61 Å². The van der Waals surface area contributed by atoms with E-state index in [0.717, 1.165) is 16.5 Å². The smallest absolute Gasteiger partial charge is 0.395 e. The lowest BCUT2D eigenvalue weighted by atomic mass is 10.1. The van der Waals surface area contributed by atoms with E-state index in [1.165, 1.54) is 0 Å². The number of amidine groups is 1. The van der Waals surface area contributed by atoms with E-state index in [1.807, 2.05) is 51.4 Å². The van der Waals surface area contributed by atoms with Crippen molar-refractivity contribution in [3.8, 4) is 5.75 Å². The Labute approximate surface area is 113 Å². The molecule has 4 heteroatoms. The van der Waals surface area contributed by atoms with Crippen LogP contribution < -0.4 is 4.48 Å². The number of aromatic hydroxyl groups is 1. The molecule has 0 atom stereocenters. The highest BCUT2D eigenvalue weighted by atomic mass is 16.5. The van der Waals surface area contributed by atoms with Crippen LogP contribution in [0.5, 0.6) is 5.75 Å². The Bertz CT molecular complexity index is 621. The summed E-state index contributed by atoms with van der Waals surface area (Å²) in [6.07, 6.45) is 0. The molecule has 2 aromatic rings. The third-order valence-corrected chi connectivity index (χ3v) is 3.27. The number of quaternary nitrogens is 1. The molecule has 100 valence electrons. The molecule has 0 fully saturated rings. The van der Waals surface area contributed by atoms with Crippen molar-refractivity contribution in [2.75, 3.05) is 20.7 Å². The van der Waals surface area contributed by atoms with Gasteiger partial charge in [-0.05, 0) is 19.1 Å². The van der Waals surface area contributed by atoms with Crippen molar-refractivity contribution in [2.24, 2.45) is 0 Å². The van der Waals surface area contributed by atoms with Crippen molar-refractivity contribution < 1.29 is 9.84 Å². The van der Waals surface area contributed by atoms with Gasteiger partial charge in [0.05, 0.1) is 20.7 Å². The molecule has 19 heavy (non-hydrogen) atoms. The van der Waals surface area contributed by atoms with Crippen LogP contribution in [0.15, 0.2) is 36.4 Å². The van der Waals surface area contributed by atoms with Crippen LogP contribution in [-0.2, 0) is 4.74 Å². The van der Waals surface area contributed by atoms with Gasteiger partial charge >= 0.3 is 6.02 Å². The fraction of sp³-hybridized carbons (Fsp3) is 0.267. The molecular weight excluding hydrogens is 240 g/mol. The number of hydrogen-bond acceptors (Lipinski definition) is 3. The van der Waals surface area contributed by atoms with Crippen LogP contribution in [-0.4, -0.2) is 31.8 Å². The van der Waals surface area contributed by atoms with Crippen LogP contribution in [0.4, 0.5) is 5.69 Å². The van der Waals surface area contributed by atoms with Crippen LogP contribution in [0.25, 0.3) is 10.8 Å². The standard InChI is InChI=1S/C15H18N2O2/c1-4-19-15(16)17(2,3)13-9-10-14(18)12-8-6-5-7-11(12)13/h5-10,16H,4H2,1-3H3/p+1. The molecule has 2 N–H and O–H groups in total. The highest BCUT2D eigenvalue weighted by Crippen LogP contribution is 2.35. The zero-order chi connectivity index (χ0) is 14.0. The Kier molecular flexibility index (Phi) is 3.44. The molecule has 0 heterocycles. The van der Waals surface area contributed by atoms with Gasteiger partial charge in [0.2, 0.25) is 0 Å². The average Bonchev–Trinajstić information content (AvgIpc) is 2.39. The SMILES string of the molecule is CCOC(=N)[N+](C)(C)c1ccc(O)c2ccccc12. The first-order valence-corrected chi connectivity index (χ1v) is 6.25. The first-order valence-electron chi connectivity index (χ1n) is 6.25. The molecule has 0 radical (unpaired) electrons. The van der Waals surface area contributed by atoms with Gasteiger partial charge in [-0.3, -0.25) is 0 Å². The third kappa shape index (κ3) is 2.27. The second-order valence-electron chi connectivity index (χ2n) is 4.84. The number of ether oxygens (including phenoxy) is 1. The van der Waals surface area contributed by atoms with Crippen molar-refractivity contribution in [2.45, 2.75) is 6.92 Å². The predicted octanol–water partition coefficient (Wildman–Crippen LogP) is 3.08. The fourth-order valence-corrected chi connectivity index (χ4v) is 2.16. The summed E-state index contributed by atoms with van der Waals surface area (Å²) in [6.45, 7) is 2.33.